The third kappa shape index (κ3) is 3.94. The second kappa shape index (κ2) is 7.87. The van der Waals surface area contributed by atoms with Crippen molar-refractivity contribution < 1.29 is 13.9 Å². The Balaban J connectivity index is 1.80. The van der Waals surface area contributed by atoms with Crippen LogP contribution < -0.4 is 15.5 Å². The van der Waals surface area contributed by atoms with Gasteiger partial charge in [-0.25, -0.2) is 0 Å². The molecule has 1 amide bonds. The van der Waals surface area contributed by atoms with Crippen molar-refractivity contribution in [1.29, 1.82) is 0 Å². The average molecular weight is 351 g/mol. The highest BCUT2D eigenvalue weighted by molar-refractivity contribution is 5.83. The van der Waals surface area contributed by atoms with Crippen LogP contribution >= 0.6 is 0 Å². The maximum atomic E-state index is 12.7. The predicted octanol–water partition coefficient (Wildman–Crippen LogP) is 3.75. The van der Waals surface area contributed by atoms with E-state index >= 15 is 0 Å². The van der Waals surface area contributed by atoms with Crippen LogP contribution in [0.1, 0.15) is 20.3 Å². The largest absolute Gasteiger partial charge is 0.484 e. The van der Waals surface area contributed by atoms with Gasteiger partial charge in [0, 0.05) is 12.1 Å². The van der Waals surface area contributed by atoms with Crippen LogP contribution in [0.15, 0.2) is 64.0 Å². The Hall–Kier alpha value is -3.08. The van der Waals surface area contributed by atoms with Crippen molar-refractivity contribution in [1.82, 2.24) is 5.32 Å². The first-order valence-corrected chi connectivity index (χ1v) is 8.61. The molecule has 3 aromatic rings. The second-order valence-electron chi connectivity index (χ2n) is 6.17. The summed E-state index contributed by atoms with van der Waals surface area (Å²) in [7, 11) is 0. The molecule has 0 aliphatic rings. The molecule has 26 heavy (non-hydrogen) atoms. The normalized spacial score (nSPS) is 11.9. The van der Waals surface area contributed by atoms with Gasteiger partial charge in [0.1, 0.15) is 17.6 Å². The van der Waals surface area contributed by atoms with Crippen molar-refractivity contribution in [2.24, 2.45) is 0 Å². The first kappa shape index (κ1) is 17.7. The number of nitrogens with one attached hydrogen (secondary N) is 1. The predicted molar refractivity (Wildman–Crippen MR) is 101 cm³/mol. The molecule has 1 N–H and O–H groups in total. The molecule has 0 saturated carbocycles. The quantitative estimate of drug-likeness (QED) is 0.734. The summed E-state index contributed by atoms with van der Waals surface area (Å²) in [4.78, 5) is 24.5. The zero-order chi connectivity index (χ0) is 18.5. The zero-order valence-corrected chi connectivity index (χ0v) is 14.8. The molecular formula is C21H21NO4. The molecule has 0 aliphatic carbocycles. The highest BCUT2D eigenvalue weighted by Gasteiger charge is 2.11. The molecule has 0 spiro atoms. The van der Waals surface area contributed by atoms with Crippen LogP contribution in [0.25, 0.3) is 22.1 Å². The Bertz CT molecular complexity index is 963. The number of carbonyl (C=O) groups excluding carboxylic acids is 1. The van der Waals surface area contributed by atoms with E-state index in [4.69, 9.17) is 9.15 Å². The molecule has 0 unspecified atom stereocenters. The van der Waals surface area contributed by atoms with Gasteiger partial charge in [0.05, 0.1) is 10.9 Å². The van der Waals surface area contributed by atoms with Crippen LogP contribution in [0.3, 0.4) is 0 Å². The molecule has 5 nitrogen and oxygen atoms in total. The number of hydrogen-bond acceptors (Lipinski definition) is 4. The summed E-state index contributed by atoms with van der Waals surface area (Å²) in [6.45, 7) is 3.86. The van der Waals surface area contributed by atoms with E-state index in [1.165, 1.54) is 6.26 Å². The monoisotopic (exact) mass is 351 g/mol. The van der Waals surface area contributed by atoms with Crippen LogP contribution in [0.4, 0.5) is 0 Å². The molecule has 0 saturated heterocycles. The molecule has 1 aromatic heterocycles. The third-order valence-electron chi connectivity index (χ3n) is 4.22. The minimum absolute atomic E-state index is 0.0812. The van der Waals surface area contributed by atoms with Gasteiger partial charge in [-0.05, 0) is 31.0 Å². The van der Waals surface area contributed by atoms with E-state index in [9.17, 15) is 9.59 Å². The number of ether oxygens (including phenoxy) is 1. The van der Waals surface area contributed by atoms with Crippen LogP contribution in [0.5, 0.6) is 5.75 Å². The number of hydrogen-bond donors (Lipinski definition) is 1. The standard InChI is InChI=1S/C21H21NO4/c1-3-14(2)22-20(23)13-25-16-9-10-17-19(11-16)26-12-18(21(17)24)15-7-5-4-6-8-15/h4-12,14H,3,13H2,1-2H3,(H,22,23)/t14-/m1/s1. The molecule has 0 aliphatic heterocycles. The van der Waals surface area contributed by atoms with Crippen LogP contribution in [-0.4, -0.2) is 18.6 Å². The number of benzene rings is 2. The summed E-state index contributed by atoms with van der Waals surface area (Å²) in [6, 6.07) is 14.4. The maximum absolute atomic E-state index is 12.7. The fourth-order valence-corrected chi connectivity index (χ4v) is 2.58. The van der Waals surface area contributed by atoms with Gasteiger partial charge >= 0.3 is 0 Å². The van der Waals surface area contributed by atoms with Crippen molar-refractivity contribution >= 4 is 16.9 Å². The second-order valence-corrected chi connectivity index (χ2v) is 6.17. The zero-order valence-electron chi connectivity index (χ0n) is 14.8. The minimum atomic E-state index is -0.180. The number of fused-ring (bicyclic) bond motifs is 1. The van der Waals surface area contributed by atoms with E-state index in [2.05, 4.69) is 5.32 Å². The maximum Gasteiger partial charge on any atom is 0.258 e. The lowest BCUT2D eigenvalue weighted by molar-refractivity contribution is -0.123. The summed E-state index contributed by atoms with van der Waals surface area (Å²) in [5.41, 5.74) is 1.65. The van der Waals surface area contributed by atoms with Crippen LogP contribution in [0, 0.1) is 0 Å². The highest BCUT2D eigenvalue weighted by atomic mass is 16.5. The highest BCUT2D eigenvalue weighted by Crippen LogP contribution is 2.23. The van der Waals surface area contributed by atoms with Crippen LogP contribution in [0.2, 0.25) is 0 Å². The third-order valence-corrected chi connectivity index (χ3v) is 4.22. The molecule has 1 heterocycles. The van der Waals surface area contributed by atoms with Gasteiger partial charge in [-0.15, -0.1) is 0 Å². The van der Waals surface area contributed by atoms with Crippen molar-refractivity contribution in [2.75, 3.05) is 6.61 Å². The number of rotatable bonds is 6. The Morgan fingerprint density at radius 3 is 2.69 bits per heavy atom. The Morgan fingerprint density at radius 2 is 1.96 bits per heavy atom. The van der Waals surface area contributed by atoms with E-state index in [0.717, 1.165) is 12.0 Å². The lowest BCUT2D eigenvalue weighted by Gasteiger charge is -2.12. The molecule has 2 aromatic carbocycles. The van der Waals surface area contributed by atoms with Gasteiger partial charge in [-0.1, -0.05) is 37.3 Å². The Labute approximate surface area is 151 Å². The van der Waals surface area contributed by atoms with Crippen molar-refractivity contribution in [2.45, 2.75) is 26.3 Å². The fraction of sp³-hybridized carbons (Fsp3) is 0.238. The van der Waals surface area contributed by atoms with Gasteiger partial charge in [-0.2, -0.15) is 0 Å². The van der Waals surface area contributed by atoms with E-state index in [0.29, 0.717) is 22.3 Å². The van der Waals surface area contributed by atoms with Crippen LogP contribution in [-0.2, 0) is 4.79 Å². The van der Waals surface area contributed by atoms with E-state index in [-0.39, 0.29) is 24.0 Å². The average Bonchev–Trinajstić information content (AvgIpc) is 2.67. The molecule has 5 heteroatoms. The van der Waals surface area contributed by atoms with Crippen molar-refractivity contribution in [3.05, 3.63) is 65.0 Å². The number of carbonyl (C=O) groups is 1. The van der Waals surface area contributed by atoms with Gasteiger partial charge in [0.25, 0.3) is 5.91 Å². The summed E-state index contributed by atoms with van der Waals surface area (Å²) >= 11 is 0. The molecule has 134 valence electrons. The lowest BCUT2D eigenvalue weighted by Crippen LogP contribution is -2.35. The van der Waals surface area contributed by atoms with E-state index in [1.807, 2.05) is 44.2 Å². The minimum Gasteiger partial charge on any atom is -0.484 e. The summed E-state index contributed by atoms with van der Waals surface area (Å²) in [5, 5.41) is 3.31. The van der Waals surface area contributed by atoms with Crippen molar-refractivity contribution in [3.8, 4) is 16.9 Å². The Kier molecular flexibility index (Phi) is 5.37. The summed E-state index contributed by atoms with van der Waals surface area (Å²) in [5.74, 6) is 0.299. The summed E-state index contributed by atoms with van der Waals surface area (Å²) in [6.07, 6.45) is 2.32. The SMILES string of the molecule is CC[C@@H](C)NC(=O)COc1ccc2c(=O)c(-c3ccccc3)coc2c1. The molecule has 0 radical (unpaired) electrons. The van der Waals surface area contributed by atoms with Gasteiger partial charge < -0.3 is 14.5 Å². The molecule has 1 atom stereocenters. The molecule has 0 fully saturated rings. The molecule has 0 bridgehead atoms. The topological polar surface area (TPSA) is 68.5 Å². The lowest BCUT2D eigenvalue weighted by atomic mass is 10.1. The Morgan fingerprint density at radius 1 is 1.19 bits per heavy atom. The van der Waals surface area contributed by atoms with Crippen molar-refractivity contribution in [3.63, 3.8) is 0 Å². The van der Waals surface area contributed by atoms with Gasteiger partial charge in [0.15, 0.2) is 12.0 Å². The number of amides is 1. The first-order chi connectivity index (χ1) is 12.6. The van der Waals surface area contributed by atoms with E-state index < -0.39 is 0 Å². The first-order valence-electron chi connectivity index (χ1n) is 8.61. The van der Waals surface area contributed by atoms with E-state index in [1.54, 1.807) is 18.2 Å². The summed E-state index contributed by atoms with van der Waals surface area (Å²) < 4.78 is 11.1. The van der Waals surface area contributed by atoms with Gasteiger partial charge in [-0.3, -0.25) is 9.59 Å². The smallest absolute Gasteiger partial charge is 0.258 e. The molecular weight excluding hydrogens is 330 g/mol. The van der Waals surface area contributed by atoms with Gasteiger partial charge in [0.2, 0.25) is 0 Å². The fourth-order valence-electron chi connectivity index (χ4n) is 2.58. The molecule has 3 rings (SSSR count).